The van der Waals surface area contributed by atoms with Crippen LogP contribution < -0.4 is 5.32 Å². The van der Waals surface area contributed by atoms with Gasteiger partial charge >= 0.3 is 12.0 Å². The normalized spacial score (nSPS) is 16.1. The maximum Gasteiger partial charge on any atom is 0.329 e. The van der Waals surface area contributed by atoms with Crippen molar-refractivity contribution in [2.24, 2.45) is 0 Å². The topological polar surface area (TPSA) is 69.6 Å². The average molecular weight is 280 g/mol. The molecule has 1 saturated carbocycles. The maximum absolute atomic E-state index is 12.8. The summed E-state index contributed by atoms with van der Waals surface area (Å²) >= 11 is 0. The molecule has 0 saturated heterocycles. The second kappa shape index (κ2) is 5.48. The van der Waals surface area contributed by atoms with E-state index < -0.39 is 17.5 Å². The smallest absolute Gasteiger partial charge is 0.329 e. The van der Waals surface area contributed by atoms with Crippen LogP contribution in [0.3, 0.4) is 0 Å². The number of carbonyl (C=O) groups excluding carboxylic acids is 1. The molecule has 1 aromatic rings. The lowest BCUT2D eigenvalue weighted by molar-refractivity contribution is -0.148. The molecule has 0 spiro atoms. The quantitative estimate of drug-likeness (QED) is 0.886. The molecule has 2 N–H and O–H groups in total. The van der Waals surface area contributed by atoms with Gasteiger partial charge in [0.05, 0.1) is 0 Å². The standard InChI is InChI=1S/C14H17FN2O3/c1-17(9-10-3-5-11(15)6-4-10)13(20)16-14(12(18)19)7-2-8-14/h3-6H,2,7-9H2,1H3,(H,16,20)(H,18,19). The molecule has 5 nitrogen and oxygen atoms in total. The highest BCUT2D eigenvalue weighted by Crippen LogP contribution is 2.32. The Kier molecular flexibility index (Phi) is 3.92. The molecule has 0 aromatic heterocycles. The van der Waals surface area contributed by atoms with E-state index in [2.05, 4.69) is 5.32 Å². The molecule has 0 unspecified atom stereocenters. The molecule has 0 atom stereocenters. The van der Waals surface area contributed by atoms with Crippen LogP contribution in [0.1, 0.15) is 24.8 Å². The van der Waals surface area contributed by atoms with Gasteiger partial charge in [-0.1, -0.05) is 12.1 Å². The fourth-order valence-electron chi connectivity index (χ4n) is 2.16. The minimum Gasteiger partial charge on any atom is -0.480 e. The average Bonchev–Trinajstić information content (AvgIpc) is 2.35. The Hall–Kier alpha value is -2.11. The minimum atomic E-state index is -1.12. The molecular weight excluding hydrogens is 263 g/mol. The number of hydrogen-bond donors (Lipinski definition) is 2. The van der Waals surface area contributed by atoms with Crippen LogP contribution in [0, 0.1) is 5.82 Å². The number of urea groups is 1. The summed E-state index contributed by atoms with van der Waals surface area (Å²) in [5.74, 6) is -1.33. The zero-order valence-electron chi connectivity index (χ0n) is 11.2. The molecule has 2 amide bonds. The van der Waals surface area contributed by atoms with Crippen molar-refractivity contribution in [1.29, 1.82) is 0 Å². The third-order valence-electron chi connectivity index (χ3n) is 3.64. The summed E-state index contributed by atoms with van der Waals surface area (Å²) in [4.78, 5) is 24.6. The van der Waals surface area contributed by atoms with Gasteiger partial charge in [-0.05, 0) is 37.0 Å². The van der Waals surface area contributed by atoms with E-state index in [-0.39, 0.29) is 5.82 Å². The predicted octanol–water partition coefficient (Wildman–Crippen LogP) is 1.97. The molecular formula is C14H17FN2O3. The molecule has 0 aliphatic heterocycles. The second-order valence-corrected chi connectivity index (χ2v) is 5.15. The predicted molar refractivity (Wildman–Crippen MR) is 70.6 cm³/mol. The molecule has 20 heavy (non-hydrogen) atoms. The van der Waals surface area contributed by atoms with Gasteiger partial charge in [0.1, 0.15) is 11.4 Å². The summed E-state index contributed by atoms with van der Waals surface area (Å²) in [6.45, 7) is 0.293. The Morgan fingerprint density at radius 2 is 1.95 bits per heavy atom. The molecule has 1 aromatic carbocycles. The van der Waals surface area contributed by atoms with Gasteiger partial charge in [0, 0.05) is 13.6 Å². The first-order valence-electron chi connectivity index (χ1n) is 6.44. The van der Waals surface area contributed by atoms with Crippen molar-refractivity contribution in [2.75, 3.05) is 7.05 Å². The van der Waals surface area contributed by atoms with Crippen LogP contribution in [0.4, 0.5) is 9.18 Å². The lowest BCUT2D eigenvalue weighted by Gasteiger charge is -2.39. The third kappa shape index (κ3) is 2.89. The van der Waals surface area contributed by atoms with Crippen LogP contribution in [0.25, 0.3) is 0 Å². The number of carboxylic acid groups (broad SMARTS) is 1. The Balaban J connectivity index is 1.95. The zero-order valence-corrected chi connectivity index (χ0v) is 11.2. The first-order valence-corrected chi connectivity index (χ1v) is 6.44. The van der Waals surface area contributed by atoms with E-state index in [9.17, 15) is 14.0 Å². The number of nitrogens with one attached hydrogen (secondary N) is 1. The monoisotopic (exact) mass is 280 g/mol. The van der Waals surface area contributed by atoms with E-state index in [0.29, 0.717) is 19.4 Å². The number of halogens is 1. The summed E-state index contributed by atoms with van der Waals surface area (Å²) < 4.78 is 12.8. The van der Waals surface area contributed by atoms with Crippen LogP contribution in [-0.4, -0.2) is 34.6 Å². The van der Waals surface area contributed by atoms with Gasteiger partial charge in [0.25, 0.3) is 0 Å². The largest absolute Gasteiger partial charge is 0.480 e. The summed E-state index contributed by atoms with van der Waals surface area (Å²) in [5, 5.41) is 11.7. The Morgan fingerprint density at radius 1 is 1.35 bits per heavy atom. The third-order valence-corrected chi connectivity index (χ3v) is 3.64. The summed E-state index contributed by atoms with van der Waals surface area (Å²) in [7, 11) is 1.58. The van der Waals surface area contributed by atoms with Crippen LogP contribution in [0.2, 0.25) is 0 Å². The molecule has 0 radical (unpaired) electrons. The van der Waals surface area contributed by atoms with Crippen molar-refractivity contribution in [3.8, 4) is 0 Å². The maximum atomic E-state index is 12.8. The van der Waals surface area contributed by atoms with E-state index >= 15 is 0 Å². The van der Waals surface area contributed by atoms with Gasteiger partial charge in [0.2, 0.25) is 0 Å². The van der Waals surface area contributed by atoms with Gasteiger partial charge in [-0.2, -0.15) is 0 Å². The Morgan fingerprint density at radius 3 is 2.40 bits per heavy atom. The van der Waals surface area contributed by atoms with E-state index in [1.807, 2.05) is 0 Å². The second-order valence-electron chi connectivity index (χ2n) is 5.15. The number of rotatable bonds is 4. The van der Waals surface area contributed by atoms with Crippen molar-refractivity contribution in [3.05, 3.63) is 35.6 Å². The number of carbonyl (C=O) groups is 2. The van der Waals surface area contributed by atoms with Gasteiger partial charge < -0.3 is 15.3 Å². The highest BCUT2D eigenvalue weighted by molar-refractivity contribution is 5.87. The first-order chi connectivity index (χ1) is 9.43. The lowest BCUT2D eigenvalue weighted by atomic mass is 9.77. The minimum absolute atomic E-state index is 0.293. The van der Waals surface area contributed by atoms with E-state index in [1.54, 1.807) is 19.2 Å². The number of benzene rings is 1. The van der Waals surface area contributed by atoms with E-state index in [1.165, 1.54) is 17.0 Å². The fraction of sp³-hybridized carbons (Fsp3) is 0.429. The number of hydrogen-bond acceptors (Lipinski definition) is 2. The van der Waals surface area contributed by atoms with Gasteiger partial charge in [0.15, 0.2) is 0 Å². The lowest BCUT2D eigenvalue weighted by Crippen LogP contribution is -2.61. The van der Waals surface area contributed by atoms with Crippen LogP contribution in [0.5, 0.6) is 0 Å². The van der Waals surface area contributed by atoms with Crippen molar-refractivity contribution >= 4 is 12.0 Å². The highest BCUT2D eigenvalue weighted by atomic mass is 19.1. The number of carboxylic acids is 1. The van der Waals surface area contributed by atoms with Crippen molar-refractivity contribution in [2.45, 2.75) is 31.3 Å². The SMILES string of the molecule is CN(Cc1ccc(F)cc1)C(=O)NC1(C(=O)O)CCC1. The summed E-state index contributed by atoms with van der Waals surface area (Å²) in [5.41, 5.74) is -0.337. The molecule has 6 heteroatoms. The molecule has 0 bridgehead atoms. The zero-order chi connectivity index (χ0) is 14.8. The number of nitrogens with zero attached hydrogens (tertiary/aromatic N) is 1. The molecule has 1 fully saturated rings. The van der Waals surface area contributed by atoms with Gasteiger partial charge in [-0.25, -0.2) is 14.0 Å². The Bertz CT molecular complexity index is 512. The summed E-state index contributed by atoms with van der Waals surface area (Å²) in [6.07, 6.45) is 1.71. The van der Waals surface area contributed by atoms with Gasteiger partial charge in [-0.3, -0.25) is 0 Å². The van der Waals surface area contributed by atoms with Crippen LogP contribution >= 0.6 is 0 Å². The first kappa shape index (κ1) is 14.3. The van der Waals surface area contributed by atoms with Crippen molar-refractivity contribution in [1.82, 2.24) is 10.2 Å². The summed E-state index contributed by atoms with van der Waals surface area (Å²) in [6, 6.07) is 5.40. The van der Waals surface area contributed by atoms with E-state index in [4.69, 9.17) is 5.11 Å². The van der Waals surface area contributed by atoms with Crippen LogP contribution in [0.15, 0.2) is 24.3 Å². The number of aliphatic carboxylic acids is 1. The van der Waals surface area contributed by atoms with E-state index in [0.717, 1.165) is 12.0 Å². The molecule has 108 valence electrons. The molecule has 1 aliphatic rings. The van der Waals surface area contributed by atoms with Crippen molar-refractivity contribution in [3.63, 3.8) is 0 Å². The molecule has 2 rings (SSSR count). The molecule has 1 aliphatic carbocycles. The number of amides is 2. The van der Waals surface area contributed by atoms with Crippen molar-refractivity contribution < 1.29 is 19.1 Å². The Labute approximate surface area is 116 Å². The van der Waals surface area contributed by atoms with Crippen LogP contribution in [-0.2, 0) is 11.3 Å². The fourth-order valence-corrected chi connectivity index (χ4v) is 2.16. The highest BCUT2D eigenvalue weighted by Gasteiger charge is 2.46. The molecule has 0 heterocycles. The van der Waals surface area contributed by atoms with Gasteiger partial charge in [-0.15, -0.1) is 0 Å².